The fourth-order valence-corrected chi connectivity index (χ4v) is 1.56. The Hall–Kier alpha value is -0.720. The largest absolute Gasteiger partial charge is 0.497 e. The molecule has 0 unspecified atom stereocenters. The summed E-state index contributed by atoms with van der Waals surface area (Å²) in [6, 6.07) is 0. The molecule has 68 valence electrons. The van der Waals surface area contributed by atoms with Gasteiger partial charge in [-0.25, -0.2) is 0 Å². The van der Waals surface area contributed by atoms with E-state index in [1.807, 2.05) is 0 Å². The van der Waals surface area contributed by atoms with Crippen LogP contribution in [0, 0.1) is 0 Å². The summed E-state index contributed by atoms with van der Waals surface area (Å²) in [5, 5.41) is 0. The van der Waals surface area contributed by atoms with Gasteiger partial charge in [0, 0.05) is 0 Å². The van der Waals surface area contributed by atoms with Gasteiger partial charge in [0.25, 0.3) is 0 Å². The zero-order chi connectivity index (χ0) is 8.65. The first-order valence-corrected chi connectivity index (χ1v) is 4.84. The Kier molecular flexibility index (Phi) is 4.58. The Labute approximate surface area is 75.1 Å². The van der Waals surface area contributed by atoms with E-state index in [-0.39, 0.29) is 0 Å². The van der Waals surface area contributed by atoms with E-state index in [0.29, 0.717) is 0 Å². The zero-order valence-corrected chi connectivity index (χ0v) is 7.72. The molecule has 0 fully saturated rings. The first kappa shape index (κ1) is 9.37. The van der Waals surface area contributed by atoms with E-state index in [1.54, 1.807) is 0 Å². The van der Waals surface area contributed by atoms with Gasteiger partial charge in [-0.05, 0) is 31.3 Å². The maximum atomic E-state index is 5.16. The van der Waals surface area contributed by atoms with Gasteiger partial charge < -0.3 is 4.74 Å². The van der Waals surface area contributed by atoms with Gasteiger partial charge in [0.2, 0.25) is 0 Å². The van der Waals surface area contributed by atoms with Crippen molar-refractivity contribution in [2.75, 3.05) is 6.61 Å². The van der Waals surface area contributed by atoms with Crippen LogP contribution < -0.4 is 0 Å². The van der Waals surface area contributed by atoms with Crippen LogP contribution in [0.3, 0.4) is 0 Å². The fourth-order valence-electron chi connectivity index (χ4n) is 1.56. The van der Waals surface area contributed by atoms with E-state index in [4.69, 9.17) is 4.74 Å². The summed E-state index contributed by atoms with van der Waals surface area (Å²) in [6.07, 6.45) is 11.8. The highest BCUT2D eigenvalue weighted by Gasteiger charge is 2.01. The molecule has 1 nitrogen and oxygen atoms in total. The average molecular weight is 166 g/mol. The fraction of sp³-hybridized carbons (Fsp3) is 0.636. The smallest absolute Gasteiger partial charge is 0.108 e. The van der Waals surface area contributed by atoms with Gasteiger partial charge in [0.1, 0.15) is 6.61 Å². The lowest BCUT2D eigenvalue weighted by Crippen LogP contribution is -1.96. The summed E-state index contributed by atoms with van der Waals surface area (Å²) in [4.78, 5) is 0. The minimum atomic E-state index is 0.753. The monoisotopic (exact) mass is 166 g/mol. The van der Waals surface area contributed by atoms with Crippen LogP contribution in [-0.4, -0.2) is 6.61 Å². The summed E-state index contributed by atoms with van der Waals surface area (Å²) >= 11 is 0. The lowest BCUT2D eigenvalue weighted by molar-refractivity contribution is 0.276. The normalized spacial score (nSPS) is 18.8. The Balaban J connectivity index is 2.31. The quantitative estimate of drug-likeness (QED) is 0.461. The standard InChI is InChI=1S/C11H18O/c1-2-12-10-11-8-6-4-3-5-7-9-11/h2,8H,1,3-7,9-10H2. The first-order chi connectivity index (χ1) is 5.93. The minimum Gasteiger partial charge on any atom is -0.497 e. The second-order valence-electron chi connectivity index (χ2n) is 3.29. The molecule has 0 bridgehead atoms. The van der Waals surface area contributed by atoms with E-state index in [1.165, 1.54) is 50.4 Å². The zero-order valence-electron chi connectivity index (χ0n) is 7.72. The van der Waals surface area contributed by atoms with Crippen molar-refractivity contribution in [2.45, 2.75) is 38.5 Å². The molecule has 0 aromatic rings. The van der Waals surface area contributed by atoms with Gasteiger partial charge in [-0.15, -0.1) is 0 Å². The Morgan fingerprint density at radius 2 is 2.17 bits per heavy atom. The summed E-state index contributed by atoms with van der Waals surface area (Å²) in [7, 11) is 0. The van der Waals surface area contributed by atoms with Crippen LogP contribution in [-0.2, 0) is 4.74 Å². The lowest BCUT2D eigenvalue weighted by atomic mass is 10.0. The molecule has 0 N–H and O–H groups in total. The topological polar surface area (TPSA) is 9.23 Å². The van der Waals surface area contributed by atoms with Crippen LogP contribution in [0.4, 0.5) is 0 Å². The molecular weight excluding hydrogens is 148 g/mol. The van der Waals surface area contributed by atoms with Gasteiger partial charge in [-0.3, -0.25) is 0 Å². The molecule has 0 saturated heterocycles. The van der Waals surface area contributed by atoms with Crippen molar-refractivity contribution >= 4 is 0 Å². The Bertz CT molecular complexity index is 158. The minimum absolute atomic E-state index is 0.753. The third-order valence-electron chi connectivity index (χ3n) is 2.27. The predicted molar refractivity (Wildman–Crippen MR) is 51.9 cm³/mol. The van der Waals surface area contributed by atoms with E-state index in [9.17, 15) is 0 Å². The summed E-state index contributed by atoms with van der Waals surface area (Å²) in [5.74, 6) is 0. The molecule has 0 amide bonds. The average Bonchev–Trinajstić information content (AvgIpc) is 2.02. The maximum Gasteiger partial charge on any atom is 0.108 e. The van der Waals surface area contributed by atoms with Crippen LogP contribution in [0.15, 0.2) is 24.5 Å². The summed E-state index contributed by atoms with van der Waals surface area (Å²) in [6.45, 7) is 4.29. The number of ether oxygens (including phenoxy) is 1. The number of hydrogen-bond donors (Lipinski definition) is 0. The molecule has 12 heavy (non-hydrogen) atoms. The van der Waals surface area contributed by atoms with Gasteiger partial charge in [0.15, 0.2) is 0 Å². The second kappa shape index (κ2) is 5.87. The molecule has 1 aliphatic carbocycles. The van der Waals surface area contributed by atoms with Gasteiger partial charge in [0.05, 0.1) is 6.26 Å². The highest BCUT2D eigenvalue weighted by Crippen LogP contribution is 2.16. The number of rotatable bonds is 3. The van der Waals surface area contributed by atoms with Crippen molar-refractivity contribution in [3.8, 4) is 0 Å². The Morgan fingerprint density at radius 3 is 3.00 bits per heavy atom. The molecule has 0 radical (unpaired) electrons. The van der Waals surface area contributed by atoms with Crippen molar-refractivity contribution in [1.29, 1.82) is 0 Å². The molecule has 0 spiro atoms. The first-order valence-electron chi connectivity index (χ1n) is 4.84. The molecule has 0 atom stereocenters. The van der Waals surface area contributed by atoms with E-state index >= 15 is 0 Å². The van der Waals surface area contributed by atoms with E-state index in [2.05, 4.69) is 12.7 Å². The van der Waals surface area contributed by atoms with Crippen molar-refractivity contribution in [1.82, 2.24) is 0 Å². The third-order valence-corrected chi connectivity index (χ3v) is 2.27. The van der Waals surface area contributed by atoms with Crippen molar-refractivity contribution in [3.05, 3.63) is 24.5 Å². The van der Waals surface area contributed by atoms with Crippen LogP contribution in [0.2, 0.25) is 0 Å². The van der Waals surface area contributed by atoms with Crippen molar-refractivity contribution in [3.63, 3.8) is 0 Å². The lowest BCUT2D eigenvalue weighted by Gasteiger charge is -2.10. The van der Waals surface area contributed by atoms with Gasteiger partial charge in [-0.1, -0.05) is 25.5 Å². The molecule has 1 rings (SSSR count). The predicted octanol–water partition coefficient (Wildman–Crippen LogP) is 3.43. The number of hydrogen-bond acceptors (Lipinski definition) is 1. The van der Waals surface area contributed by atoms with E-state index < -0.39 is 0 Å². The van der Waals surface area contributed by atoms with Gasteiger partial charge in [-0.2, -0.15) is 0 Å². The van der Waals surface area contributed by atoms with Gasteiger partial charge >= 0.3 is 0 Å². The van der Waals surface area contributed by atoms with Crippen molar-refractivity contribution in [2.24, 2.45) is 0 Å². The van der Waals surface area contributed by atoms with Crippen LogP contribution in [0.25, 0.3) is 0 Å². The van der Waals surface area contributed by atoms with Crippen LogP contribution >= 0.6 is 0 Å². The SMILES string of the molecule is C=COCC1=CCCCCCC1. The van der Waals surface area contributed by atoms with Crippen molar-refractivity contribution < 1.29 is 4.74 Å². The van der Waals surface area contributed by atoms with Crippen LogP contribution in [0.5, 0.6) is 0 Å². The maximum absolute atomic E-state index is 5.16. The van der Waals surface area contributed by atoms with E-state index in [0.717, 1.165) is 6.61 Å². The molecule has 0 aromatic carbocycles. The molecule has 0 saturated carbocycles. The third kappa shape index (κ3) is 3.61. The molecule has 0 aliphatic heterocycles. The second-order valence-corrected chi connectivity index (χ2v) is 3.29. The Morgan fingerprint density at radius 1 is 1.33 bits per heavy atom. The highest BCUT2D eigenvalue weighted by molar-refractivity contribution is 5.03. The molecule has 0 heterocycles. The molecule has 0 aromatic heterocycles. The molecule has 1 aliphatic rings. The number of allylic oxidation sites excluding steroid dienone is 1. The highest BCUT2D eigenvalue weighted by atomic mass is 16.5. The molecule has 1 heteroatoms. The summed E-state index contributed by atoms with van der Waals surface area (Å²) < 4.78 is 5.16. The molecular formula is C11H18O. The van der Waals surface area contributed by atoms with Crippen LogP contribution in [0.1, 0.15) is 38.5 Å². The summed E-state index contributed by atoms with van der Waals surface area (Å²) in [5.41, 5.74) is 1.45.